The maximum absolute atomic E-state index is 14.6. The van der Waals surface area contributed by atoms with E-state index in [2.05, 4.69) is 5.32 Å². The van der Waals surface area contributed by atoms with Crippen LogP contribution in [-0.4, -0.2) is 58.6 Å². The molecule has 2 aromatic rings. The SMILES string of the molecule is CCOC(=O)C(C)(C)Oc1ccc(CNC(=O)C2SCCN2C(=O)C[C@H](N)Cc2cc(F)c(F)cc2F)cc1F.Cl. The van der Waals surface area contributed by atoms with Gasteiger partial charge in [0.2, 0.25) is 5.91 Å². The normalized spacial score (nSPS) is 15.6. The first-order valence-corrected chi connectivity index (χ1v) is 13.6. The molecule has 1 unspecified atom stereocenters. The van der Waals surface area contributed by atoms with Crippen molar-refractivity contribution in [2.24, 2.45) is 5.73 Å². The van der Waals surface area contributed by atoms with Crippen LogP contribution in [0.2, 0.25) is 0 Å². The lowest BCUT2D eigenvalue weighted by Crippen LogP contribution is -2.46. The largest absolute Gasteiger partial charge is 0.473 e. The number of nitrogens with two attached hydrogens (primary N) is 1. The van der Waals surface area contributed by atoms with Crippen LogP contribution in [-0.2, 0) is 32.1 Å². The Morgan fingerprint density at radius 3 is 2.44 bits per heavy atom. The van der Waals surface area contributed by atoms with Gasteiger partial charge in [-0.25, -0.2) is 22.4 Å². The van der Waals surface area contributed by atoms with Gasteiger partial charge in [-0.2, -0.15) is 0 Å². The summed E-state index contributed by atoms with van der Waals surface area (Å²) in [5, 5.41) is 1.83. The number of carbonyl (C=O) groups is 3. The Balaban J connectivity index is 0.00000588. The molecule has 1 saturated heterocycles. The van der Waals surface area contributed by atoms with E-state index in [4.69, 9.17) is 15.2 Å². The lowest BCUT2D eigenvalue weighted by molar-refractivity contribution is -0.158. The monoisotopic (exact) mass is 621 g/mol. The average Bonchev–Trinajstić information content (AvgIpc) is 3.38. The van der Waals surface area contributed by atoms with Crippen molar-refractivity contribution in [3.63, 3.8) is 0 Å². The molecule has 3 N–H and O–H groups in total. The van der Waals surface area contributed by atoms with Crippen molar-refractivity contribution >= 4 is 42.0 Å². The summed E-state index contributed by atoms with van der Waals surface area (Å²) in [6, 6.07) is 4.28. The predicted octanol–water partition coefficient (Wildman–Crippen LogP) is 3.86. The number of nitrogens with zero attached hydrogens (tertiary/aromatic N) is 1. The van der Waals surface area contributed by atoms with Gasteiger partial charge in [-0.05, 0) is 56.5 Å². The molecule has 0 aromatic heterocycles. The first-order valence-electron chi connectivity index (χ1n) is 12.5. The third kappa shape index (κ3) is 8.98. The van der Waals surface area contributed by atoms with Crippen LogP contribution in [0.25, 0.3) is 0 Å². The Morgan fingerprint density at radius 2 is 1.78 bits per heavy atom. The third-order valence-electron chi connectivity index (χ3n) is 6.04. The maximum Gasteiger partial charge on any atom is 0.349 e. The minimum atomic E-state index is -1.41. The van der Waals surface area contributed by atoms with Crippen molar-refractivity contribution in [1.29, 1.82) is 0 Å². The molecule has 0 aliphatic carbocycles. The minimum absolute atomic E-state index is 0. The fraction of sp³-hybridized carbons (Fsp3) is 0.444. The number of ether oxygens (including phenoxy) is 2. The number of hydrogen-bond donors (Lipinski definition) is 2. The number of halogens is 5. The average molecular weight is 622 g/mol. The molecule has 2 amide bonds. The topological polar surface area (TPSA) is 111 Å². The second kappa shape index (κ2) is 14.7. The van der Waals surface area contributed by atoms with E-state index in [0.29, 0.717) is 23.4 Å². The number of nitrogens with one attached hydrogen (secondary N) is 1. The Labute approximate surface area is 245 Å². The molecule has 226 valence electrons. The van der Waals surface area contributed by atoms with Gasteiger partial charge in [-0.1, -0.05) is 6.07 Å². The highest BCUT2D eigenvalue weighted by atomic mass is 35.5. The van der Waals surface area contributed by atoms with Gasteiger partial charge in [0.15, 0.2) is 34.2 Å². The van der Waals surface area contributed by atoms with Gasteiger partial charge in [0.25, 0.3) is 5.91 Å². The molecule has 0 radical (unpaired) electrons. The number of carbonyl (C=O) groups excluding carboxylic acids is 3. The van der Waals surface area contributed by atoms with Gasteiger partial charge in [-0.15, -0.1) is 24.2 Å². The summed E-state index contributed by atoms with van der Waals surface area (Å²) in [4.78, 5) is 39.1. The van der Waals surface area contributed by atoms with Crippen molar-refractivity contribution in [3.05, 3.63) is 64.7 Å². The number of esters is 1. The maximum atomic E-state index is 14.6. The quantitative estimate of drug-likeness (QED) is 0.223. The first-order chi connectivity index (χ1) is 18.8. The van der Waals surface area contributed by atoms with E-state index in [0.717, 1.165) is 6.07 Å². The molecule has 2 atom stereocenters. The first kappa shape index (κ1) is 34.2. The van der Waals surface area contributed by atoms with Crippen LogP contribution in [0.4, 0.5) is 17.6 Å². The van der Waals surface area contributed by atoms with Gasteiger partial charge in [0.05, 0.1) is 6.61 Å². The zero-order chi connectivity index (χ0) is 29.6. The van der Waals surface area contributed by atoms with E-state index >= 15 is 0 Å². The van der Waals surface area contributed by atoms with Crippen LogP contribution in [0.15, 0.2) is 30.3 Å². The van der Waals surface area contributed by atoms with E-state index in [-0.39, 0.29) is 56.3 Å². The molecular weight excluding hydrogens is 590 g/mol. The fourth-order valence-corrected chi connectivity index (χ4v) is 5.16. The summed E-state index contributed by atoms with van der Waals surface area (Å²) in [6.45, 7) is 4.96. The van der Waals surface area contributed by atoms with E-state index in [1.165, 1.54) is 42.6 Å². The molecule has 0 saturated carbocycles. The molecule has 0 spiro atoms. The molecule has 1 fully saturated rings. The van der Waals surface area contributed by atoms with Crippen LogP contribution >= 0.6 is 24.2 Å². The summed E-state index contributed by atoms with van der Waals surface area (Å²) in [7, 11) is 0. The van der Waals surface area contributed by atoms with Crippen LogP contribution < -0.4 is 15.8 Å². The van der Waals surface area contributed by atoms with E-state index in [1.807, 2.05) is 0 Å². The zero-order valence-electron chi connectivity index (χ0n) is 22.7. The smallest absolute Gasteiger partial charge is 0.349 e. The molecule has 3 rings (SSSR count). The highest BCUT2D eigenvalue weighted by molar-refractivity contribution is 8.00. The Morgan fingerprint density at radius 1 is 1.10 bits per heavy atom. The van der Waals surface area contributed by atoms with Gasteiger partial charge in [0, 0.05) is 37.4 Å². The van der Waals surface area contributed by atoms with Crippen LogP contribution in [0.1, 0.15) is 38.3 Å². The summed E-state index contributed by atoms with van der Waals surface area (Å²) in [5.41, 5.74) is 4.83. The van der Waals surface area contributed by atoms with E-state index in [1.54, 1.807) is 6.92 Å². The second-order valence-electron chi connectivity index (χ2n) is 9.65. The third-order valence-corrected chi connectivity index (χ3v) is 7.24. The summed E-state index contributed by atoms with van der Waals surface area (Å²) < 4.78 is 65.6. The summed E-state index contributed by atoms with van der Waals surface area (Å²) >= 11 is 1.24. The molecule has 0 bridgehead atoms. The van der Waals surface area contributed by atoms with Crippen molar-refractivity contribution in [2.75, 3.05) is 18.9 Å². The van der Waals surface area contributed by atoms with Crippen LogP contribution in [0.5, 0.6) is 5.75 Å². The number of hydrogen-bond acceptors (Lipinski definition) is 7. The Kier molecular flexibility index (Phi) is 12.3. The number of thioether (sulfide) groups is 1. The number of amides is 2. The lowest BCUT2D eigenvalue weighted by Gasteiger charge is -2.25. The summed E-state index contributed by atoms with van der Waals surface area (Å²) in [6.07, 6.45) is -0.438. The molecule has 1 heterocycles. The van der Waals surface area contributed by atoms with Crippen molar-refractivity contribution < 1.29 is 41.4 Å². The molecule has 8 nitrogen and oxygen atoms in total. The predicted molar refractivity (Wildman–Crippen MR) is 147 cm³/mol. The van der Waals surface area contributed by atoms with E-state index < -0.39 is 58.1 Å². The molecular formula is C27H32ClF4N3O5S. The van der Waals surface area contributed by atoms with E-state index in [9.17, 15) is 31.9 Å². The lowest BCUT2D eigenvalue weighted by atomic mass is 10.0. The van der Waals surface area contributed by atoms with Gasteiger partial charge in [0.1, 0.15) is 5.82 Å². The molecule has 2 aromatic carbocycles. The van der Waals surface area contributed by atoms with Gasteiger partial charge >= 0.3 is 5.97 Å². The van der Waals surface area contributed by atoms with Gasteiger partial charge in [-0.3, -0.25) is 9.59 Å². The minimum Gasteiger partial charge on any atom is -0.473 e. The zero-order valence-corrected chi connectivity index (χ0v) is 24.3. The molecule has 41 heavy (non-hydrogen) atoms. The Hall–Kier alpha value is -3.03. The Bertz CT molecular complexity index is 1270. The van der Waals surface area contributed by atoms with Crippen LogP contribution in [0, 0.1) is 23.3 Å². The fourth-order valence-electron chi connectivity index (χ4n) is 3.99. The standard InChI is InChI=1S/C27H31F4N3O5S.ClH/c1-4-38-26(37)27(2,3)39-22-6-5-15(9-21(22)31)14-33-24(36)25-34(7-8-40-25)23(35)12-17(32)10-16-11-19(29)20(30)13-18(16)28;/h5-6,9,11,13,17,25H,4,7-8,10,12,14,32H2,1-3H3,(H,33,36);1H/t17-,25?;/m1./s1. The number of benzene rings is 2. The molecule has 1 aliphatic heterocycles. The second-order valence-corrected chi connectivity index (χ2v) is 10.8. The van der Waals surface area contributed by atoms with Crippen molar-refractivity contribution in [2.45, 2.75) is 57.2 Å². The van der Waals surface area contributed by atoms with Crippen LogP contribution in [0.3, 0.4) is 0 Å². The van der Waals surface area contributed by atoms with Crippen molar-refractivity contribution in [3.8, 4) is 5.75 Å². The molecule has 1 aliphatic rings. The van der Waals surface area contributed by atoms with Gasteiger partial charge < -0.3 is 25.4 Å². The number of rotatable bonds is 11. The van der Waals surface area contributed by atoms with Crippen molar-refractivity contribution in [1.82, 2.24) is 10.2 Å². The summed E-state index contributed by atoms with van der Waals surface area (Å²) in [5.74, 6) is -5.46. The highest BCUT2D eigenvalue weighted by Gasteiger charge is 2.35. The highest BCUT2D eigenvalue weighted by Crippen LogP contribution is 2.27. The molecule has 14 heteroatoms.